The van der Waals surface area contributed by atoms with Crippen LogP contribution in [-0.4, -0.2) is 32.8 Å². The minimum Gasteiger partial charge on any atom is -0.340 e. The van der Waals surface area contributed by atoms with Gasteiger partial charge in [0.05, 0.1) is 11.9 Å². The number of piperidine rings is 1. The second-order valence-electron chi connectivity index (χ2n) is 6.80. The van der Waals surface area contributed by atoms with Crippen LogP contribution < -0.4 is 4.90 Å². The van der Waals surface area contributed by atoms with E-state index in [1.54, 1.807) is 0 Å². The Balaban J connectivity index is 1.61. The molecule has 5 nitrogen and oxygen atoms in total. The van der Waals surface area contributed by atoms with Crippen molar-refractivity contribution < 1.29 is 0 Å². The molecule has 1 atom stereocenters. The van der Waals surface area contributed by atoms with Gasteiger partial charge in [-0.2, -0.15) is 5.10 Å². The minimum atomic E-state index is 0.543. The highest BCUT2D eigenvalue weighted by Crippen LogP contribution is 2.30. The van der Waals surface area contributed by atoms with Crippen molar-refractivity contribution in [1.82, 2.24) is 19.7 Å². The standard InChI is InChI=1S/C20H23N5/c1-15-11-21-20(23-19(15)18-12-22-24(2)13-18)25-10-6-9-17(14-25)16-7-4-3-5-8-16/h3-5,7-8,11-13,17H,6,9-10,14H2,1-2H3. The van der Waals surface area contributed by atoms with E-state index in [0.717, 1.165) is 35.9 Å². The Bertz CT molecular complexity index is 856. The fourth-order valence-corrected chi connectivity index (χ4v) is 3.58. The number of aromatic nitrogens is 4. The van der Waals surface area contributed by atoms with Crippen molar-refractivity contribution in [2.75, 3.05) is 18.0 Å². The van der Waals surface area contributed by atoms with Gasteiger partial charge in [0, 0.05) is 44.0 Å². The lowest BCUT2D eigenvalue weighted by atomic mass is 9.91. The molecule has 25 heavy (non-hydrogen) atoms. The zero-order valence-corrected chi connectivity index (χ0v) is 14.8. The predicted octanol–water partition coefficient (Wildman–Crippen LogP) is 3.57. The summed E-state index contributed by atoms with van der Waals surface area (Å²) in [6.07, 6.45) is 8.18. The Morgan fingerprint density at radius 1 is 1.12 bits per heavy atom. The van der Waals surface area contributed by atoms with Gasteiger partial charge >= 0.3 is 0 Å². The lowest BCUT2D eigenvalue weighted by molar-refractivity contribution is 0.503. The molecule has 1 saturated heterocycles. The van der Waals surface area contributed by atoms with E-state index in [1.807, 2.05) is 30.3 Å². The Hall–Kier alpha value is -2.69. The zero-order chi connectivity index (χ0) is 17.2. The Kier molecular flexibility index (Phi) is 4.22. The molecule has 0 amide bonds. The lowest BCUT2D eigenvalue weighted by Crippen LogP contribution is -2.35. The van der Waals surface area contributed by atoms with E-state index in [1.165, 1.54) is 18.4 Å². The summed E-state index contributed by atoms with van der Waals surface area (Å²) in [5, 5.41) is 4.27. The van der Waals surface area contributed by atoms with Crippen LogP contribution in [-0.2, 0) is 7.05 Å². The topological polar surface area (TPSA) is 46.8 Å². The average Bonchev–Trinajstić information content (AvgIpc) is 3.09. The third kappa shape index (κ3) is 3.27. The van der Waals surface area contributed by atoms with Crippen molar-refractivity contribution in [3.63, 3.8) is 0 Å². The van der Waals surface area contributed by atoms with Crippen LogP contribution in [0.5, 0.6) is 0 Å². The Labute approximate surface area is 148 Å². The summed E-state index contributed by atoms with van der Waals surface area (Å²) in [6.45, 7) is 4.04. The quantitative estimate of drug-likeness (QED) is 0.735. The predicted molar refractivity (Wildman–Crippen MR) is 99.6 cm³/mol. The number of anilines is 1. The molecule has 0 saturated carbocycles. The summed E-state index contributed by atoms with van der Waals surface area (Å²) >= 11 is 0. The Morgan fingerprint density at radius 2 is 1.96 bits per heavy atom. The smallest absolute Gasteiger partial charge is 0.225 e. The number of aryl methyl sites for hydroxylation is 2. The van der Waals surface area contributed by atoms with Gasteiger partial charge in [-0.15, -0.1) is 0 Å². The maximum absolute atomic E-state index is 4.87. The van der Waals surface area contributed by atoms with E-state index in [4.69, 9.17) is 4.98 Å². The summed E-state index contributed by atoms with van der Waals surface area (Å²) in [5.74, 6) is 1.37. The van der Waals surface area contributed by atoms with Crippen LogP contribution in [0.2, 0.25) is 0 Å². The Morgan fingerprint density at radius 3 is 2.72 bits per heavy atom. The maximum atomic E-state index is 4.87. The van der Waals surface area contributed by atoms with Crippen LogP contribution in [0.4, 0.5) is 5.95 Å². The summed E-state index contributed by atoms with van der Waals surface area (Å²) in [7, 11) is 1.93. The fraction of sp³-hybridized carbons (Fsp3) is 0.350. The summed E-state index contributed by atoms with van der Waals surface area (Å²) < 4.78 is 1.81. The van der Waals surface area contributed by atoms with Gasteiger partial charge in [0.15, 0.2) is 0 Å². The van der Waals surface area contributed by atoms with Crippen molar-refractivity contribution >= 4 is 5.95 Å². The van der Waals surface area contributed by atoms with Gasteiger partial charge in [0.1, 0.15) is 0 Å². The largest absolute Gasteiger partial charge is 0.340 e. The molecule has 0 bridgehead atoms. The van der Waals surface area contributed by atoms with Crippen LogP contribution in [0.1, 0.15) is 29.9 Å². The maximum Gasteiger partial charge on any atom is 0.225 e. The van der Waals surface area contributed by atoms with Gasteiger partial charge in [-0.3, -0.25) is 4.68 Å². The molecule has 2 aromatic heterocycles. The molecular weight excluding hydrogens is 310 g/mol. The normalized spacial score (nSPS) is 17.7. The van der Waals surface area contributed by atoms with Crippen LogP contribution in [0.25, 0.3) is 11.3 Å². The van der Waals surface area contributed by atoms with Gasteiger partial charge < -0.3 is 4.90 Å². The molecule has 128 valence electrons. The first-order valence-corrected chi connectivity index (χ1v) is 8.83. The van der Waals surface area contributed by atoms with Gasteiger partial charge in [-0.1, -0.05) is 30.3 Å². The molecule has 1 aliphatic rings. The van der Waals surface area contributed by atoms with Crippen LogP contribution in [0.15, 0.2) is 48.9 Å². The molecule has 1 aromatic carbocycles. The van der Waals surface area contributed by atoms with Gasteiger partial charge in [-0.25, -0.2) is 9.97 Å². The summed E-state index contributed by atoms with van der Waals surface area (Å²) in [4.78, 5) is 11.8. The van der Waals surface area contributed by atoms with Crippen molar-refractivity contribution in [3.05, 3.63) is 60.0 Å². The van der Waals surface area contributed by atoms with Crippen molar-refractivity contribution in [2.24, 2.45) is 7.05 Å². The molecule has 0 spiro atoms. The van der Waals surface area contributed by atoms with E-state index in [-0.39, 0.29) is 0 Å². The highest BCUT2D eigenvalue weighted by Gasteiger charge is 2.23. The first-order valence-electron chi connectivity index (χ1n) is 8.83. The van der Waals surface area contributed by atoms with Crippen LogP contribution in [0.3, 0.4) is 0 Å². The van der Waals surface area contributed by atoms with E-state index in [2.05, 4.69) is 52.2 Å². The molecular formula is C20H23N5. The fourth-order valence-electron chi connectivity index (χ4n) is 3.58. The first-order chi connectivity index (χ1) is 12.2. The monoisotopic (exact) mass is 333 g/mol. The van der Waals surface area contributed by atoms with E-state index >= 15 is 0 Å². The molecule has 0 N–H and O–H groups in total. The van der Waals surface area contributed by atoms with E-state index in [0.29, 0.717) is 5.92 Å². The molecule has 1 fully saturated rings. The van der Waals surface area contributed by atoms with Gasteiger partial charge in [-0.05, 0) is 30.9 Å². The molecule has 3 aromatic rings. The molecule has 0 radical (unpaired) electrons. The number of hydrogen-bond acceptors (Lipinski definition) is 4. The van der Waals surface area contributed by atoms with Gasteiger partial charge in [0.25, 0.3) is 0 Å². The third-order valence-corrected chi connectivity index (χ3v) is 4.91. The van der Waals surface area contributed by atoms with Crippen LogP contribution >= 0.6 is 0 Å². The molecule has 1 unspecified atom stereocenters. The highest BCUT2D eigenvalue weighted by molar-refractivity contribution is 5.62. The van der Waals surface area contributed by atoms with E-state index in [9.17, 15) is 0 Å². The van der Waals surface area contributed by atoms with Crippen molar-refractivity contribution in [2.45, 2.75) is 25.7 Å². The second-order valence-corrected chi connectivity index (χ2v) is 6.80. The summed E-state index contributed by atoms with van der Waals surface area (Å²) in [5.41, 5.74) is 4.50. The molecule has 5 heteroatoms. The number of hydrogen-bond donors (Lipinski definition) is 0. The second kappa shape index (κ2) is 6.67. The number of nitrogens with zero attached hydrogens (tertiary/aromatic N) is 5. The lowest BCUT2D eigenvalue weighted by Gasteiger charge is -2.33. The number of benzene rings is 1. The van der Waals surface area contributed by atoms with Gasteiger partial charge in [0.2, 0.25) is 5.95 Å². The average molecular weight is 333 g/mol. The molecule has 4 rings (SSSR count). The van der Waals surface area contributed by atoms with E-state index < -0.39 is 0 Å². The zero-order valence-electron chi connectivity index (χ0n) is 14.8. The summed E-state index contributed by atoms with van der Waals surface area (Å²) in [6, 6.07) is 10.8. The molecule has 1 aliphatic heterocycles. The third-order valence-electron chi connectivity index (χ3n) is 4.91. The highest BCUT2D eigenvalue weighted by atomic mass is 15.3. The SMILES string of the molecule is Cc1cnc(N2CCCC(c3ccccc3)C2)nc1-c1cnn(C)c1. The first kappa shape index (κ1) is 15.8. The van der Waals surface area contributed by atoms with Crippen LogP contribution in [0, 0.1) is 6.92 Å². The minimum absolute atomic E-state index is 0.543. The molecule has 0 aliphatic carbocycles. The number of rotatable bonds is 3. The molecule has 3 heterocycles. The van der Waals surface area contributed by atoms with Crippen molar-refractivity contribution in [1.29, 1.82) is 0 Å². The van der Waals surface area contributed by atoms with Crippen molar-refractivity contribution in [3.8, 4) is 11.3 Å².